The predicted octanol–water partition coefficient (Wildman–Crippen LogP) is 6.82. The van der Waals surface area contributed by atoms with Crippen LogP contribution in [-0.4, -0.2) is 9.38 Å². The van der Waals surface area contributed by atoms with E-state index in [1.165, 1.54) is 32.9 Å². The van der Waals surface area contributed by atoms with Crippen LogP contribution in [0.2, 0.25) is 0 Å². The van der Waals surface area contributed by atoms with Gasteiger partial charge in [-0.2, -0.15) is 0 Å². The molecule has 0 aliphatic heterocycles. The molecule has 0 aliphatic carbocycles. The van der Waals surface area contributed by atoms with Crippen molar-refractivity contribution in [2.75, 3.05) is 0 Å². The van der Waals surface area contributed by atoms with Gasteiger partial charge in [-0.05, 0) is 46.8 Å². The minimum absolute atomic E-state index is 0.222. The molecule has 27 heavy (non-hydrogen) atoms. The van der Waals surface area contributed by atoms with Crippen molar-refractivity contribution in [2.45, 2.75) is 54.4 Å². The van der Waals surface area contributed by atoms with Gasteiger partial charge in [0.25, 0.3) is 0 Å². The first-order valence-electron chi connectivity index (χ1n) is 9.92. The smallest absolute Gasteiger partial charge is 0.145 e. The number of hydrogen-bond donors (Lipinski definition) is 0. The molecule has 2 nitrogen and oxygen atoms in total. The van der Waals surface area contributed by atoms with Crippen LogP contribution in [0, 0.1) is 10.8 Å². The van der Waals surface area contributed by atoms with E-state index >= 15 is 0 Å². The molecular formula is C25H30N2. The molecule has 0 spiro atoms. The van der Waals surface area contributed by atoms with Gasteiger partial charge >= 0.3 is 0 Å². The first-order valence-corrected chi connectivity index (χ1v) is 9.92. The van der Waals surface area contributed by atoms with E-state index in [2.05, 4.69) is 94.6 Å². The molecule has 2 aromatic carbocycles. The standard InChI is InChI=1S/C25H30N2/c1-24(2,3)14-17-11-12-22-21(13-17)19-9-7-8-10-20(19)23-26-16-18(27(22)23)15-25(4,5)6/h7-13,16H,14-15H2,1-6H3. The van der Waals surface area contributed by atoms with Crippen LogP contribution >= 0.6 is 0 Å². The van der Waals surface area contributed by atoms with E-state index in [-0.39, 0.29) is 10.8 Å². The van der Waals surface area contributed by atoms with Crippen LogP contribution in [0.4, 0.5) is 0 Å². The minimum Gasteiger partial charge on any atom is -0.296 e. The number of fused-ring (bicyclic) bond motifs is 6. The first-order chi connectivity index (χ1) is 12.6. The van der Waals surface area contributed by atoms with E-state index < -0.39 is 0 Å². The van der Waals surface area contributed by atoms with E-state index in [1.807, 2.05) is 0 Å². The number of benzene rings is 2. The molecule has 0 amide bonds. The monoisotopic (exact) mass is 358 g/mol. The Hall–Kier alpha value is -2.35. The molecule has 0 bridgehead atoms. The predicted molar refractivity (Wildman–Crippen MR) is 117 cm³/mol. The Balaban J connectivity index is 2.07. The lowest BCUT2D eigenvalue weighted by Crippen LogP contribution is -2.11. The lowest BCUT2D eigenvalue weighted by Gasteiger charge is -2.20. The zero-order valence-electron chi connectivity index (χ0n) is 17.4. The van der Waals surface area contributed by atoms with Crippen molar-refractivity contribution in [3.05, 3.63) is 59.9 Å². The number of rotatable bonds is 2. The fraction of sp³-hybridized carbons (Fsp3) is 0.400. The molecule has 0 radical (unpaired) electrons. The Morgan fingerprint density at radius 3 is 2.11 bits per heavy atom. The zero-order valence-corrected chi connectivity index (χ0v) is 17.4. The third kappa shape index (κ3) is 3.45. The third-order valence-electron chi connectivity index (χ3n) is 5.04. The molecular weight excluding hydrogens is 328 g/mol. The van der Waals surface area contributed by atoms with E-state index in [4.69, 9.17) is 4.98 Å². The van der Waals surface area contributed by atoms with Crippen molar-refractivity contribution in [3.8, 4) is 0 Å². The molecule has 0 aliphatic rings. The summed E-state index contributed by atoms with van der Waals surface area (Å²) < 4.78 is 2.38. The Bertz CT molecular complexity index is 1130. The highest BCUT2D eigenvalue weighted by molar-refractivity contribution is 6.11. The molecule has 2 heteroatoms. The normalized spacial score (nSPS) is 13.1. The second-order valence-electron chi connectivity index (χ2n) is 10.3. The van der Waals surface area contributed by atoms with Crippen LogP contribution < -0.4 is 0 Å². The van der Waals surface area contributed by atoms with Gasteiger partial charge in [0.2, 0.25) is 0 Å². The summed E-state index contributed by atoms with van der Waals surface area (Å²) >= 11 is 0. The number of nitrogens with zero attached hydrogens (tertiary/aromatic N) is 2. The minimum atomic E-state index is 0.222. The molecule has 4 aromatic rings. The highest BCUT2D eigenvalue weighted by Crippen LogP contribution is 2.33. The first kappa shape index (κ1) is 18.0. The van der Waals surface area contributed by atoms with Crippen molar-refractivity contribution in [1.29, 1.82) is 0 Å². The molecule has 2 heterocycles. The number of imidazole rings is 1. The second-order valence-corrected chi connectivity index (χ2v) is 10.3. The largest absolute Gasteiger partial charge is 0.296 e. The van der Waals surface area contributed by atoms with Gasteiger partial charge in [-0.15, -0.1) is 0 Å². The Labute approximate surface area is 162 Å². The molecule has 0 N–H and O–H groups in total. The van der Waals surface area contributed by atoms with Crippen molar-refractivity contribution in [2.24, 2.45) is 10.8 Å². The number of aromatic nitrogens is 2. The maximum absolute atomic E-state index is 4.83. The summed E-state index contributed by atoms with van der Waals surface area (Å²) in [5, 5.41) is 3.86. The number of hydrogen-bond acceptors (Lipinski definition) is 1. The second kappa shape index (κ2) is 6.09. The Morgan fingerprint density at radius 1 is 0.778 bits per heavy atom. The average Bonchev–Trinajstić information content (AvgIpc) is 2.96. The van der Waals surface area contributed by atoms with Crippen LogP contribution in [0.15, 0.2) is 48.7 Å². The van der Waals surface area contributed by atoms with Gasteiger partial charge in [-0.25, -0.2) is 4.98 Å². The van der Waals surface area contributed by atoms with Gasteiger partial charge in [0.05, 0.1) is 5.52 Å². The maximum atomic E-state index is 4.83. The van der Waals surface area contributed by atoms with Crippen LogP contribution in [-0.2, 0) is 12.8 Å². The van der Waals surface area contributed by atoms with E-state index in [0.717, 1.165) is 18.5 Å². The fourth-order valence-corrected chi connectivity index (χ4v) is 4.14. The summed E-state index contributed by atoms with van der Waals surface area (Å²) in [6.07, 6.45) is 4.15. The van der Waals surface area contributed by atoms with E-state index in [1.54, 1.807) is 0 Å². The molecule has 0 unspecified atom stereocenters. The van der Waals surface area contributed by atoms with Gasteiger partial charge in [0.15, 0.2) is 0 Å². The Morgan fingerprint density at radius 2 is 1.44 bits per heavy atom. The van der Waals surface area contributed by atoms with Crippen molar-refractivity contribution in [1.82, 2.24) is 9.38 Å². The molecule has 0 saturated heterocycles. The summed E-state index contributed by atoms with van der Waals surface area (Å²) in [6.45, 7) is 13.8. The summed E-state index contributed by atoms with van der Waals surface area (Å²) in [6, 6.07) is 15.7. The van der Waals surface area contributed by atoms with Crippen LogP contribution in [0.1, 0.15) is 52.8 Å². The third-order valence-corrected chi connectivity index (χ3v) is 5.04. The number of pyridine rings is 1. The summed E-state index contributed by atoms with van der Waals surface area (Å²) in [5.41, 5.74) is 5.52. The lowest BCUT2D eigenvalue weighted by molar-refractivity contribution is 0.405. The van der Waals surface area contributed by atoms with Gasteiger partial charge < -0.3 is 0 Å². The highest BCUT2D eigenvalue weighted by atomic mass is 15.0. The van der Waals surface area contributed by atoms with Crippen LogP contribution in [0.3, 0.4) is 0 Å². The summed E-state index contributed by atoms with van der Waals surface area (Å²) in [5.74, 6) is 0. The summed E-state index contributed by atoms with van der Waals surface area (Å²) in [7, 11) is 0. The topological polar surface area (TPSA) is 17.3 Å². The van der Waals surface area contributed by atoms with Gasteiger partial charge in [0, 0.05) is 22.7 Å². The zero-order chi connectivity index (χ0) is 19.4. The van der Waals surface area contributed by atoms with E-state index in [9.17, 15) is 0 Å². The highest BCUT2D eigenvalue weighted by Gasteiger charge is 2.19. The van der Waals surface area contributed by atoms with Gasteiger partial charge in [0.1, 0.15) is 5.65 Å². The van der Waals surface area contributed by atoms with Crippen LogP contribution in [0.5, 0.6) is 0 Å². The SMILES string of the molecule is CC(C)(C)Cc1ccc2c(c1)c1ccccc1c1ncc(CC(C)(C)C)n21. The van der Waals surface area contributed by atoms with E-state index in [0.29, 0.717) is 0 Å². The molecule has 4 rings (SSSR count). The Kier molecular flexibility index (Phi) is 4.06. The molecule has 0 fully saturated rings. The molecule has 140 valence electrons. The van der Waals surface area contributed by atoms with Crippen LogP contribution in [0.25, 0.3) is 27.3 Å². The molecule has 2 aromatic heterocycles. The lowest BCUT2D eigenvalue weighted by atomic mass is 9.87. The molecule has 0 atom stereocenters. The summed E-state index contributed by atoms with van der Waals surface area (Å²) in [4.78, 5) is 4.83. The van der Waals surface area contributed by atoms with Crippen molar-refractivity contribution < 1.29 is 0 Å². The quantitative estimate of drug-likeness (QED) is 0.359. The van der Waals surface area contributed by atoms with Gasteiger partial charge in [-0.1, -0.05) is 71.9 Å². The van der Waals surface area contributed by atoms with Gasteiger partial charge in [-0.3, -0.25) is 4.40 Å². The maximum Gasteiger partial charge on any atom is 0.145 e. The average molecular weight is 359 g/mol. The van der Waals surface area contributed by atoms with Crippen molar-refractivity contribution in [3.63, 3.8) is 0 Å². The van der Waals surface area contributed by atoms with Crippen molar-refractivity contribution >= 4 is 27.3 Å². The molecule has 0 saturated carbocycles. The fourth-order valence-electron chi connectivity index (χ4n) is 4.14.